The van der Waals surface area contributed by atoms with Gasteiger partial charge >= 0.3 is 0 Å². The molecule has 1 heteroatoms. The summed E-state index contributed by atoms with van der Waals surface area (Å²) >= 11 is 0. The van der Waals surface area contributed by atoms with Gasteiger partial charge in [0.1, 0.15) is 0 Å². The second-order valence-corrected chi connectivity index (χ2v) is 6.44. The van der Waals surface area contributed by atoms with E-state index in [4.69, 9.17) is 0 Å². The molecule has 0 radical (unpaired) electrons. The Hall–Kier alpha value is -1.29. The minimum Gasteiger partial charge on any atom is -0.192 e. The first kappa shape index (κ1) is 7.12. The molecule has 0 unspecified atom stereocenters. The lowest BCUT2D eigenvalue weighted by molar-refractivity contribution is -0.407. The van der Waals surface area contributed by atoms with Crippen molar-refractivity contribution in [1.29, 1.82) is 5.26 Å². The molecule has 4 atom stereocenters. The van der Waals surface area contributed by atoms with Crippen LogP contribution in [0.3, 0.4) is 0 Å². The monoisotopic (exact) mass is 205 g/mol. The summed E-state index contributed by atoms with van der Waals surface area (Å²) in [6, 6.07) is 8.85. The number of benzene rings is 1. The third-order valence-electron chi connectivity index (χ3n) is 6.72. The van der Waals surface area contributed by atoms with Gasteiger partial charge < -0.3 is 0 Å². The normalized spacial score (nSPS) is 59.2. The van der Waals surface area contributed by atoms with Crippen molar-refractivity contribution < 1.29 is 0 Å². The molecule has 0 saturated heterocycles. The van der Waals surface area contributed by atoms with Gasteiger partial charge in [-0.05, 0) is 64.5 Å². The van der Waals surface area contributed by atoms with Gasteiger partial charge in [0.2, 0.25) is 0 Å². The minimum absolute atomic E-state index is 0.806. The van der Waals surface area contributed by atoms with Gasteiger partial charge in [0.15, 0.2) is 0 Å². The Morgan fingerprint density at radius 1 is 0.875 bits per heavy atom. The number of nitriles is 1. The summed E-state index contributed by atoms with van der Waals surface area (Å²) in [5.41, 5.74) is 4.03. The molecule has 0 heterocycles. The van der Waals surface area contributed by atoms with Crippen LogP contribution in [0.5, 0.6) is 0 Å². The molecule has 0 spiro atoms. The molecule has 0 amide bonds. The summed E-state index contributed by atoms with van der Waals surface area (Å²) in [4.78, 5) is 0. The van der Waals surface area contributed by atoms with Crippen LogP contribution in [0.1, 0.15) is 28.5 Å². The third kappa shape index (κ3) is 0.392. The maximum absolute atomic E-state index is 9.26. The fourth-order valence-electron chi connectivity index (χ4n) is 6.56. The Morgan fingerprint density at radius 2 is 1.56 bits per heavy atom. The van der Waals surface area contributed by atoms with E-state index < -0.39 is 0 Å². The molecule has 0 aliphatic heterocycles. The average molecular weight is 205 g/mol. The van der Waals surface area contributed by atoms with Crippen LogP contribution in [0.2, 0.25) is 0 Å². The summed E-state index contributed by atoms with van der Waals surface area (Å²) in [7, 11) is 0. The van der Waals surface area contributed by atoms with E-state index in [-0.39, 0.29) is 0 Å². The molecule has 7 rings (SSSR count). The van der Waals surface area contributed by atoms with Gasteiger partial charge in [-0.25, -0.2) is 0 Å². The summed E-state index contributed by atoms with van der Waals surface area (Å²) in [6.45, 7) is 0. The van der Waals surface area contributed by atoms with Crippen LogP contribution in [-0.2, 0) is 0 Å². The Balaban J connectivity index is 1.72. The Bertz CT molecular complexity index is 590. The van der Waals surface area contributed by atoms with Crippen molar-refractivity contribution >= 4 is 0 Å². The lowest BCUT2D eigenvalue weighted by atomic mass is 9.11. The van der Waals surface area contributed by atoms with Crippen LogP contribution in [-0.4, -0.2) is 0 Å². The summed E-state index contributed by atoms with van der Waals surface area (Å²) in [6.07, 6.45) is 0. The summed E-state index contributed by atoms with van der Waals surface area (Å²) < 4.78 is 0. The van der Waals surface area contributed by atoms with Gasteiger partial charge in [0.25, 0.3) is 0 Å². The van der Waals surface area contributed by atoms with E-state index in [9.17, 15) is 5.26 Å². The van der Waals surface area contributed by atoms with Crippen LogP contribution in [0.4, 0.5) is 0 Å². The predicted octanol–water partition coefficient (Wildman–Crippen LogP) is 2.49. The molecular weight excluding hydrogens is 194 g/mol. The van der Waals surface area contributed by atoms with Gasteiger partial charge in [-0.3, -0.25) is 0 Å². The number of hydrogen-bond acceptors (Lipinski definition) is 1. The van der Waals surface area contributed by atoms with Crippen molar-refractivity contribution in [1.82, 2.24) is 0 Å². The van der Waals surface area contributed by atoms with Crippen molar-refractivity contribution in [3.63, 3.8) is 0 Å². The first-order valence-electron chi connectivity index (χ1n) is 6.46. The quantitative estimate of drug-likeness (QED) is 0.638. The molecule has 6 aliphatic rings. The average Bonchev–Trinajstić information content (AvgIpc) is 2.29. The zero-order chi connectivity index (χ0) is 10.2. The van der Waals surface area contributed by atoms with E-state index in [1.807, 2.05) is 6.07 Å². The minimum atomic E-state index is 0.806. The fraction of sp³-hybridized carbons (Fsp3) is 0.533. The van der Waals surface area contributed by atoms with Crippen molar-refractivity contribution in [2.75, 3.05) is 0 Å². The Morgan fingerprint density at radius 3 is 2.25 bits per heavy atom. The van der Waals surface area contributed by atoms with Crippen LogP contribution in [0.15, 0.2) is 18.2 Å². The van der Waals surface area contributed by atoms with Crippen molar-refractivity contribution in [2.45, 2.75) is 11.8 Å². The fourth-order valence-corrected chi connectivity index (χ4v) is 6.56. The Labute approximate surface area is 94.1 Å². The first-order chi connectivity index (χ1) is 7.93. The van der Waals surface area contributed by atoms with E-state index in [1.165, 1.54) is 5.56 Å². The van der Waals surface area contributed by atoms with Crippen LogP contribution < -0.4 is 0 Å². The molecule has 1 nitrogen and oxygen atoms in total. The lowest BCUT2D eigenvalue weighted by Crippen LogP contribution is -2.87. The van der Waals surface area contributed by atoms with Crippen LogP contribution in [0.25, 0.3) is 0 Å². The van der Waals surface area contributed by atoms with Gasteiger partial charge in [-0.2, -0.15) is 5.26 Å². The molecule has 4 fully saturated rings. The number of hydrogen-bond donors (Lipinski definition) is 0. The zero-order valence-electron chi connectivity index (χ0n) is 8.80. The van der Waals surface area contributed by atoms with Crippen molar-refractivity contribution in [3.05, 3.63) is 34.9 Å². The molecule has 1 aromatic rings. The molecule has 1 aromatic carbocycles. The molecule has 2 bridgehead atoms. The SMILES string of the molecule is N#Cc1cccc2c1C1[C@H]3C4C5[C@@H]3C2[C@@H]5[C@@H]14. The topological polar surface area (TPSA) is 23.8 Å². The number of rotatable bonds is 0. The molecule has 0 aromatic heterocycles. The lowest BCUT2D eigenvalue weighted by Gasteiger charge is -2.93. The third-order valence-corrected chi connectivity index (χ3v) is 6.72. The van der Waals surface area contributed by atoms with Crippen LogP contribution >= 0.6 is 0 Å². The highest BCUT2D eigenvalue weighted by Crippen LogP contribution is 2.94. The first-order valence-corrected chi connectivity index (χ1v) is 6.46. The molecule has 0 N–H and O–H groups in total. The van der Waals surface area contributed by atoms with Gasteiger partial charge in [0, 0.05) is 0 Å². The smallest absolute Gasteiger partial charge is 0.0994 e. The van der Waals surface area contributed by atoms with E-state index in [1.54, 1.807) is 5.56 Å². The maximum atomic E-state index is 9.26. The zero-order valence-corrected chi connectivity index (χ0v) is 8.80. The highest BCUT2D eigenvalue weighted by atomic mass is 14.9. The van der Waals surface area contributed by atoms with Gasteiger partial charge in [-0.15, -0.1) is 0 Å². The predicted molar refractivity (Wildman–Crippen MR) is 57.6 cm³/mol. The molecule has 4 saturated carbocycles. The van der Waals surface area contributed by atoms with E-state index in [0.29, 0.717) is 0 Å². The van der Waals surface area contributed by atoms with Gasteiger partial charge in [0.05, 0.1) is 11.6 Å². The molecule has 16 heavy (non-hydrogen) atoms. The highest BCUT2D eigenvalue weighted by molar-refractivity contribution is 5.60. The Kier molecular flexibility index (Phi) is 0.773. The summed E-state index contributed by atoms with van der Waals surface area (Å²) in [5, 5.41) is 9.26. The van der Waals surface area contributed by atoms with Crippen molar-refractivity contribution in [2.24, 2.45) is 35.5 Å². The second-order valence-electron chi connectivity index (χ2n) is 6.44. The van der Waals surface area contributed by atoms with E-state index in [2.05, 4.69) is 18.2 Å². The van der Waals surface area contributed by atoms with Crippen molar-refractivity contribution in [3.8, 4) is 6.07 Å². The maximum Gasteiger partial charge on any atom is 0.0994 e. The molecular formula is C15H11N. The van der Waals surface area contributed by atoms with E-state index >= 15 is 0 Å². The van der Waals surface area contributed by atoms with Gasteiger partial charge in [-0.1, -0.05) is 12.1 Å². The standard InChI is InChI=1S/C15H11N/c16-4-5-2-1-3-6-7(5)9-12-10-8(6)11-13(9)15(12)14(10)11/h1-3,8-15H/t8?,9?,10-,11-,12-,13-,14?,15?/m1/s1. The number of nitrogens with zero attached hydrogens (tertiary/aromatic N) is 1. The summed E-state index contributed by atoms with van der Waals surface area (Å²) in [5.74, 6) is 8.03. The highest BCUT2D eigenvalue weighted by Gasteiger charge is 2.88. The molecule has 76 valence electrons. The van der Waals surface area contributed by atoms with Crippen LogP contribution in [0, 0.1) is 46.8 Å². The van der Waals surface area contributed by atoms with E-state index in [0.717, 1.165) is 52.9 Å². The largest absolute Gasteiger partial charge is 0.192 e. The molecule has 6 aliphatic carbocycles. The second kappa shape index (κ2) is 1.74.